The largest absolute Gasteiger partial charge is 0.371 e. The van der Waals surface area contributed by atoms with Crippen LogP contribution in [0.1, 0.15) is 23.2 Å². The molecular weight excluding hydrogens is 452 g/mol. The fourth-order valence-electron chi connectivity index (χ4n) is 5.39. The van der Waals surface area contributed by atoms with E-state index in [0.29, 0.717) is 39.8 Å². The van der Waals surface area contributed by atoms with Gasteiger partial charge in [-0.15, -0.1) is 0 Å². The first-order valence-electron chi connectivity index (χ1n) is 12.4. The number of hydrogen-bond acceptors (Lipinski definition) is 8. The van der Waals surface area contributed by atoms with Crippen molar-refractivity contribution in [2.45, 2.75) is 12.1 Å². The Morgan fingerprint density at radius 3 is 1.53 bits per heavy atom. The van der Waals surface area contributed by atoms with Crippen molar-refractivity contribution in [1.82, 2.24) is 9.80 Å². The molecule has 0 radical (unpaired) electrons. The first-order chi connectivity index (χ1) is 17.8. The number of amidine groups is 2. The molecule has 2 fully saturated rings. The van der Waals surface area contributed by atoms with Crippen LogP contribution in [0.3, 0.4) is 0 Å². The molecule has 2 saturated heterocycles. The highest BCUT2D eigenvalue weighted by Gasteiger charge is 2.36. The van der Waals surface area contributed by atoms with Gasteiger partial charge in [0.05, 0.1) is 36.7 Å². The lowest BCUT2D eigenvalue weighted by Crippen LogP contribution is -2.43. The van der Waals surface area contributed by atoms with Crippen molar-refractivity contribution in [1.29, 1.82) is 0 Å². The smallest absolute Gasteiger partial charge is 0.153 e. The first kappa shape index (κ1) is 21.4. The van der Waals surface area contributed by atoms with Crippen molar-refractivity contribution >= 4 is 23.0 Å². The van der Waals surface area contributed by atoms with Gasteiger partial charge in [0.25, 0.3) is 0 Å². The van der Waals surface area contributed by atoms with E-state index in [9.17, 15) is 0 Å². The number of fused-ring (bicyclic) bond motifs is 2. The summed E-state index contributed by atoms with van der Waals surface area (Å²) in [7, 11) is 0. The lowest BCUT2D eigenvalue weighted by Gasteiger charge is -2.34. The fraction of sp³-hybridized carbons (Fsp3) is 0.286. The maximum atomic E-state index is 5.90. The van der Waals surface area contributed by atoms with E-state index in [4.69, 9.17) is 19.7 Å². The van der Waals surface area contributed by atoms with E-state index in [1.807, 2.05) is 12.1 Å². The van der Waals surface area contributed by atoms with Crippen LogP contribution in [0.4, 0.5) is 11.4 Å². The van der Waals surface area contributed by atoms with E-state index in [1.54, 1.807) is 0 Å². The van der Waals surface area contributed by atoms with Crippen LogP contribution in [-0.4, -0.2) is 61.2 Å². The third kappa shape index (κ3) is 3.79. The van der Waals surface area contributed by atoms with Crippen molar-refractivity contribution in [3.05, 3.63) is 96.1 Å². The first-order valence-corrected chi connectivity index (χ1v) is 12.4. The molecule has 4 aliphatic heterocycles. The van der Waals surface area contributed by atoms with Gasteiger partial charge in [0, 0.05) is 0 Å². The second kappa shape index (κ2) is 8.96. The molecule has 0 unspecified atom stereocenters. The molecule has 0 N–H and O–H groups in total. The minimum Gasteiger partial charge on any atom is -0.371 e. The van der Waals surface area contributed by atoms with Crippen LogP contribution in [0, 0.1) is 0 Å². The molecule has 0 aliphatic carbocycles. The van der Waals surface area contributed by atoms with Gasteiger partial charge in [-0.05, 0) is 29.3 Å². The minimum atomic E-state index is 0.169. The molecule has 0 amide bonds. The monoisotopic (exact) mass is 480 g/mol. The molecule has 182 valence electrons. The molecular formula is C28H28N6O2. The number of morpholine rings is 2. The quantitative estimate of drug-likeness (QED) is 0.562. The zero-order valence-electron chi connectivity index (χ0n) is 20.0. The van der Waals surface area contributed by atoms with E-state index < -0.39 is 0 Å². The second-order valence-electron chi connectivity index (χ2n) is 9.46. The summed E-state index contributed by atoms with van der Waals surface area (Å²) in [6.07, 6.45) is 0. The molecule has 0 aromatic heterocycles. The van der Waals surface area contributed by atoms with Crippen LogP contribution in [-0.2, 0) is 9.47 Å². The van der Waals surface area contributed by atoms with Gasteiger partial charge in [0.2, 0.25) is 0 Å². The number of hydrogen-bond donors (Lipinski definition) is 0. The van der Waals surface area contributed by atoms with E-state index in [-0.39, 0.29) is 12.1 Å². The second-order valence-corrected chi connectivity index (χ2v) is 9.46. The van der Waals surface area contributed by atoms with Gasteiger partial charge >= 0.3 is 0 Å². The number of anilines is 2. The molecule has 0 spiro atoms. The summed E-state index contributed by atoms with van der Waals surface area (Å²) in [6, 6.07) is 29.9. The van der Waals surface area contributed by atoms with Gasteiger partial charge in [-0.2, -0.15) is 10.2 Å². The highest BCUT2D eigenvalue weighted by molar-refractivity contribution is 5.89. The average molecular weight is 481 g/mol. The van der Waals surface area contributed by atoms with Gasteiger partial charge in [0.15, 0.2) is 11.7 Å². The number of hydrazone groups is 2. The standard InChI is InChI=1S/C28H28N6O2/c1-3-8-21(9-4-1)25-15-35-17-27-29-33(19-31(25)27)23-12-7-13-24(14-23)34-20-32-26(16-36-18-28(32)30-34)22-10-5-2-6-11-22/h1-14,25-26H,15-20H2/t25-,26-/m1/s1. The van der Waals surface area contributed by atoms with Crippen molar-refractivity contribution in [2.75, 3.05) is 49.8 Å². The number of rotatable bonds is 4. The van der Waals surface area contributed by atoms with Crippen molar-refractivity contribution in [3.63, 3.8) is 0 Å². The van der Waals surface area contributed by atoms with Crippen LogP contribution < -0.4 is 10.0 Å². The van der Waals surface area contributed by atoms with E-state index >= 15 is 0 Å². The summed E-state index contributed by atoms with van der Waals surface area (Å²) >= 11 is 0. The lowest BCUT2D eigenvalue weighted by atomic mass is 10.1. The highest BCUT2D eigenvalue weighted by atomic mass is 16.5. The van der Waals surface area contributed by atoms with E-state index in [1.165, 1.54) is 11.1 Å². The number of nitrogens with zero attached hydrogens (tertiary/aromatic N) is 6. The summed E-state index contributed by atoms with van der Waals surface area (Å²) in [5.41, 5.74) is 4.59. The Hall–Kier alpha value is -3.88. The Balaban J connectivity index is 1.11. The minimum absolute atomic E-state index is 0.169. The Morgan fingerprint density at radius 1 is 0.583 bits per heavy atom. The third-order valence-electron chi connectivity index (χ3n) is 7.27. The Bertz CT molecular complexity index is 1200. The van der Waals surface area contributed by atoms with Crippen LogP contribution >= 0.6 is 0 Å². The van der Waals surface area contributed by atoms with E-state index in [2.05, 4.69) is 92.6 Å². The lowest BCUT2D eigenvalue weighted by molar-refractivity contribution is 0.0764. The molecule has 8 heteroatoms. The summed E-state index contributed by atoms with van der Waals surface area (Å²) in [4.78, 5) is 4.70. The van der Waals surface area contributed by atoms with Crippen molar-refractivity contribution < 1.29 is 9.47 Å². The number of benzene rings is 3. The molecule has 7 rings (SSSR count). The number of ether oxygens (including phenoxy) is 2. The van der Waals surface area contributed by atoms with E-state index in [0.717, 1.165) is 23.0 Å². The van der Waals surface area contributed by atoms with Crippen LogP contribution in [0.5, 0.6) is 0 Å². The van der Waals surface area contributed by atoms with Crippen LogP contribution in [0.15, 0.2) is 95.1 Å². The molecule has 2 atom stereocenters. The molecule has 0 bridgehead atoms. The molecule has 3 aromatic rings. The Morgan fingerprint density at radius 2 is 1.06 bits per heavy atom. The van der Waals surface area contributed by atoms with Gasteiger partial charge in [-0.1, -0.05) is 66.7 Å². The molecule has 36 heavy (non-hydrogen) atoms. The summed E-state index contributed by atoms with van der Waals surface area (Å²) in [6.45, 7) is 3.81. The normalized spacial score (nSPS) is 23.3. The van der Waals surface area contributed by atoms with Crippen LogP contribution in [0.25, 0.3) is 0 Å². The van der Waals surface area contributed by atoms with Gasteiger partial charge in [-0.25, -0.2) is 10.0 Å². The van der Waals surface area contributed by atoms with Gasteiger partial charge < -0.3 is 19.3 Å². The van der Waals surface area contributed by atoms with Gasteiger partial charge in [-0.3, -0.25) is 0 Å². The Labute approximate surface area is 210 Å². The fourth-order valence-corrected chi connectivity index (χ4v) is 5.39. The molecule has 4 heterocycles. The topological polar surface area (TPSA) is 56.1 Å². The average Bonchev–Trinajstić information content (AvgIpc) is 3.59. The molecule has 8 nitrogen and oxygen atoms in total. The SMILES string of the molecule is c1ccc([C@H]2COCC3=NN(c4cccc(N5CN6C(=N5)COC[C@@H]6c5ccccc5)c4)CN32)cc1. The summed E-state index contributed by atoms with van der Waals surface area (Å²) in [5, 5.41) is 14.0. The summed E-state index contributed by atoms with van der Waals surface area (Å²) < 4.78 is 11.8. The maximum Gasteiger partial charge on any atom is 0.153 e. The van der Waals surface area contributed by atoms with Gasteiger partial charge in [0.1, 0.15) is 26.6 Å². The molecule has 3 aromatic carbocycles. The highest BCUT2D eigenvalue weighted by Crippen LogP contribution is 2.34. The zero-order valence-corrected chi connectivity index (χ0v) is 20.0. The molecule has 4 aliphatic rings. The zero-order chi connectivity index (χ0) is 23.9. The predicted octanol–water partition coefficient (Wildman–Crippen LogP) is 4.02. The predicted molar refractivity (Wildman–Crippen MR) is 140 cm³/mol. The third-order valence-corrected chi connectivity index (χ3v) is 7.27. The summed E-state index contributed by atoms with van der Waals surface area (Å²) in [5.74, 6) is 1.95. The molecule has 0 saturated carbocycles. The van der Waals surface area contributed by atoms with Crippen molar-refractivity contribution in [3.8, 4) is 0 Å². The van der Waals surface area contributed by atoms with Crippen LogP contribution in [0.2, 0.25) is 0 Å². The van der Waals surface area contributed by atoms with Crippen molar-refractivity contribution in [2.24, 2.45) is 10.2 Å². The Kier molecular flexibility index (Phi) is 5.33. The maximum absolute atomic E-state index is 5.90.